The summed E-state index contributed by atoms with van der Waals surface area (Å²) in [6, 6.07) is 0. The van der Waals surface area contributed by atoms with Gasteiger partial charge in [0.15, 0.2) is 0 Å². The van der Waals surface area contributed by atoms with E-state index in [2.05, 4.69) is 12.2 Å². The molecule has 0 heterocycles. The molecule has 0 aliphatic carbocycles. The molecule has 0 bridgehead atoms. The van der Waals surface area contributed by atoms with E-state index in [0.29, 0.717) is 0 Å². The summed E-state index contributed by atoms with van der Waals surface area (Å²) in [5.74, 6) is 0. The standard InChI is InChI=1S/C21H45NO2/c1-2-3-4-5-6-7-8-9-10-11-12-13-15-18-21(24)22-19-16-14-17-20-23/h21-24H,2-20H2,1H3. The molecule has 0 aliphatic rings. The Morgan fingerprint density at radius 2 is 1.08 bits per heavy atom. The second-order valence-corrected chi connectivity index (χ2v) is 7.29. The van der Waals surface area contributed by atoms with E-state index in [9.17, 15) is 5.11 Å². The molecule has 1 unspecified atom stereocenters. The highest BCUT2D eigenvalue weighted by molar-refractivity contribution is 4.56. The number of hydrogen-bond acceptors (Lipinski definition) is 3. The van der Waals surface area contributed by atoms with Crippen molar-refractivity contribution in [3.63, 3.8) is 0 Å². The molecule has 0 saturated carbocycles. The second-order valence-electron chi connectivity index (χ2n) is 7.29. The van der Waals surface area contributed by atoms with Gasteiger partial charge >= 0.3 is 0 Å². The van der Waals surface area contributed by atoms with Gasteiger partial charge in [0, 0.05) is 6.61 Å². The van der Waals surface area contributed by atoms with Crippen molar-refractivity contribution in [2.45, 2.75) is 122 Å². The SMILES string of the molecule is CCCCCCCCCCCCCCCC(O)NCCCCCO. The maximum absolute atomic E-state index is 9.82. The summed E-state index contributed by atoms with van der Waals surface area (Å²) in [7, 11) is 0. The van der Waals surface area contributed by atoms with Crippen LogP contribution in [-0.4, -0.2) is 29.6 Å². The zero-order valence-electron chi connectivity index (χ0n) is 16.4. The predicted octanol–water partition coefficient (Wildman–Crippen LogP) is 5.54. The molecule has 0 spiro atoms. The summed E-state index contributed by atoms with van der Waals surface area (Å²) < 4.78 is 0. The summed E-state index contributed by atoms with van der Waals surface area (Å²) in [5.41, 5.74) is 0. The third-order valence-electron chi connectivity index (χ3n) is 4.80. The molecule has 0 fully saturated rings. The van der Waals surface area contributed by atoms with Crippen LogP contribution in [0, 0.1) is 0 Å². The topological polar surface area (TPSA) is 52.5 Å². The predicted molar refractivity (Wildman–Crippen MR) is 105 cm³/mol. The van der Waals surface area contributed by atoms with Gasteiger partial charge in [-0.3, -0.25) is 5.32 Å². The molecule has 1 atom stereocenters. The van der Waals surface area contributed by atoms with E-state index in [-0.39, 0.29) is 12.8 Å². The van der Waals surface area contributed by atoms with Crippen LogP contribution in [0.3, 0.4) is 0 Å². The maximum atomic E-state index is 9.82. The van der Waals surface area contributed by atoms with Gasteiger partial charge in [0.25, 0.3) is 0 Å². The van der Waals surface area contributed by atoms with Crippen molar-refractivity contribution in [3.8, 4) is 0 Å². The van der Waals surface area contributed by atoms with Gasteiger partial charge in [-0.1, -0.05) is 84.0 Å². The fourth-order valence-corrected chi connectivity index (χ4v) is 3.14. The number of rotatable bonds is 20. The molecule has 0 aromatic heterocycles. The van der Waals surface area contributed by atoms with Gasteiger partial charge in [0.2, 0.25) is 0 Å². The van der Waals surface area contributed by atoms with Crippen LogP contribution in [0.25, 0.3) is 0 Å². The molecule has 0 radical (unpaired) electrons. The summed E-state index contributed by atoms with van der Waals surface area (Å²) in [6.07, 6.45) is 21.2. The number of unbranched alkanes of at least 4 members (excludes halogenated alkanes) is 14. The van der Waals surface area contributed by atoms with E-state index >= 15 is 0 Å². The zero-order chi connectivity index (χ0) is 17.7. The zero-order valence-corrected chi connectivity index (χ0v) is 16.4. The first-order valence-corrected chi connectivity index (χ1v) is 10.8. The minimum atomic E-state index is -0.341. The number of hydrogen-bond donors (Lipinski definition) is 3. The average molecular weight is 344 g/mol. The van der Waals surface area contributed by atoms with Crippen molar-refractivity contribution in [3.05, 3.63) is 0 Å². The Kier molecular flexibility index (Phi) is 20.8. The quantitative estimate of drug-likeness (QED) is 0.201. The van der Waals surface area contributed by atoms with Gasteiger partial charge in [-0.25, -0.2) is 0 Å². The van der Waals surface area contributed by atoms with Crippen molar-refractivity contribution >= 4 is 0 Å². The summed E-state index contributed by atoms with van der Waals surface area (Å²) in [4.78, 5) is 0. The van der Waals surface area contributed by atoms with Crippen molar-refractivity contribution in [1.82, 2.24) is 5.32 Å². The number of nitrogens with one attached hydrogen (secondary N) is 1. The highest BCUT2D eigenvalue weighted by atomic mass is 16.3. The van der Waals surface area contributed by atoms with E-state index < -0.39 is 0 Å². The van der Waals surface area contributed by atoms with Crippen LogP contribution < -0.4 is 5.32 Å². The van der Waals surface area contributed by atoms with Crippen LogP contribution >= 0.6 is 0 Å². The Hall–Kier alpha value is -0.120. The molecule has 3 N–H and O–H groups in total. The molecule has 0 aromatic rings. The van der Waals surface area contributed by atoms with E-state index in [1.807, 2.05) is 0 Å². The number of aliphatic hydroxyl groups is 2. The minimum Gasteiger partial charge on any atom is -0.396 e. The monoisotopic (exact) mass is 343 g/mol. The van der Waals surface area contributed by atoms with Crippen LogP contribution in [0.1, 0.15) is 116 Å². The smallest absolute Gasteiger partial charge is 0.104 e. The molecule has 0 aliphatic heterocycles. The van der Waals surface area contributed by atoms with Crippen LogP contribution in [0.2, 0.25) is 0 Å². The van der Waals surface area contributed by atoms with Gasteiger partial charge in [-0.2, -0.15) is 0 Å². The third-order valence-corrected chi connectivity index (χ3v) is 4.80. The Morgan fingerprint density at radius 1 is 0.625 bits per heavy atom. The fraction of sp³-hybridized carbons (Fsp3) is 1.00. The van der Waals surface area contributed by atoms with Crippen molar-refractivity contribution in [1.29, 1.82) is 0 Å². The van der Waals surface area contributed by atoms with E-state index in [1.54, 1.807) is 0 Å². The lowest BCUT2D eigenvalue weighted by atomic mass is 10.0. The molecule has 3 nitrogen and oxygen atoms in total. The largest absolute Gasteiger partial charge is 0.396 e. The molecule has 146 valence electrons. The molecule has 0 saturated heterocycles. The molecule has 0 rings (SSSR count). The Balaban J connectivity index is 3.08. The average Bonchev–Trinajstić information content (AvgIpc) is 2.59. The van der Waals surface area contributed by atoms with Crippen molar-refractivity contribution < 1.29 is 10.2 Å². The molecule has 0 aromatic carbocycles. The minimum absolute atomic E-state index is 0.279. The van der Waals surface area contributed by atoms with Crippen LogP contribution in [0.5, 0.6) is 0 Å². The Morgan fingerprint density at radius 3 is 1.58 bits per heavy atom. The van der Waals surface area contributed by atoms with E-state index in [4.69, 9.17) is 5.11 Å². The van der Waals surface area contributed by atoms with E-state index in [1.165, 1.54) is 77.0 Å². The summed E-state index contributed by atoms with van der Waals surface area (Å²) in [5, 5.41) is 21.7. The Labute approximate surface area is 151 Å². The molecular weight excluding hydrogens is 298 g/mol. The highest BCUT2D eigenvalue weighted by Crippen LogP contribution is 2.13. The third kappa shape index (κ3) is 19.9. The van der Waals surface area contributed by atoms with Crippen LogP contribution in [-0.2, 0) is 0 Å². The van der Waals surface area contributed by atoms with Gasteiger partial charge in [-0.05, 0) is 38.6 Å². The normalized spacial score (nSPS) is 12.6. The van der Waals surface area contributed by atoms with Gasteiger partial charge in [0.05, 0.1) is 0 Å². The van der Waals surface area contributed by atoms with Gasteiger partial charge < -0.3 is 10.2 Å². The van der Waals surface area contributed by atoms with Crippen molar-refractivity contribution in [2.75, 3.05) is 13.2 Å². The first kappa shape index (κ1) is 23.9. The van der Waals surface area contributed by atoms with Crippen LogP contribution in [0.15, 0.2) is 0 Å². The van der Waals surface area contributed by atoms with E-state index in [0.717, 1.165) is 38.6 Å². The fourth-order valence-electron chi connectivity index (χ4n) is 3.14. The van der Waals surface area contributed by atoms with Crippen molar-refractivity contribution in [2.24, 2.45) is 0 Å². The molecule has 24 heavy (non-hydrogen) atoms. The first-order valence-electron chi connectivity index (χ1n) is 10.8. The Bertz CT molecular complexity index is 224. The van der Waals surface area contributed by atoms with Gasteiger partial charge in [0.1, 0.15) is 6.23 Å². The molecule has 0 amide bonds. The highest BCUT2D eigenvalue weighted by Gasteiger charge is 2.02. The van der Waals surface area contributed by atoms with Crippen LogP contribution in [0.4, 0.5) is 0 Å². The summed E-state index contributed by atoms with van der Waals surface area (Å²) >= 11 is 0. The maximum Gasteiger partial charge on any atom is 0.104 e. The molecular formula is C21H45NO2. The van der Waals surface area contributed by atoms with Gasteiger partial charge in [-0.15, -0.1) is 0 Å². The second kappa shape index (κ2) is 20.9. The lowest BCUT2D eigenvalue weighted by Crippen LogP contribution is -2.29. The first-order chi connectivity index (χ1) is 11.8. The lowest BCUT2D eigenvalue weighted by Gasteiger charge is -2.12. The molecule has 3 heteroatoms. The lowest BCUT2D eigenvalue weighted by molar-refractivity contribution is 0.124. The number of aliphatic hydroxyl groups excluding tert-OH is 2. The summed E-state index contributed by atoms with van der Waals surface area (Å²) in [6.45, 7) is 3.42.